The molecule has 0 saturated heterocycles. The minimum absolute atomic E-state index is 0.323. The summed E-state index contributed by atoms with van der Waals surface area (Å²) in [6.07, 6.45) is 2.96. The summed E-state index contributed by atoms with van der Waals surface area (Å²) < 4.78 is 5.05. The van der Waals surface area contributed by atoms with Crippen molar-refractivity contribution in [3.8, 4) is 6.07 Å². The molecule has 0 radical (unpaired) electrons. The fraction of sp³-hybridized carbons (Fsp3) is 0.571. The predicted molar refractivity (Wildman–Crippen MR) is 70.3 cm³/mol. The Bertz CT molecular complexity index is 488. The van der Waals surface area contributed by atoms with Crippen molar-refractivity contribution >= 4 is 17.3 Å². The molecule has 0 N–H and O–H groups in total. The zero-order chi connectivity index (χ0) is 13.2. The quantitative estimate of drug-likeness (QED) is 0.788. The van der Waals surface area contributed by atoms with E-state index < -0.39 is 11.3 Å². The van der Waals surface area contributed by atoms with E-state index in [-0.39, 0.29) is 5.97 Å². The Kier molecular flexibility index (Phi) is 3.72. The third kappa shape index (κ3) is 2.04. The lowest BCUT2D eigenvalue weighted by molar-refractivity contribution is -0.148. The Labute approximate surface area is 111 Å². The first-order valence-electron chi connectivity index (χ1n) is 6.26. The number of rotatable bonds is 3. The number of hydrogen-bond donors (Lipinski definition) is 0. The summed E-state index contributed by atoms with van der Waals surface area (Å²) in [6.45, 7) is 4.11. The first-order valence-corrected chi connectivity index (χ1v) is 7.14. The van der Waals surface area contributed by atoms with E-state index in [0.29, 0.717) is 6.61 Å². The molecule has 2 rings (SSSR count). The van der Waals surface area contributed by atoms with Crippen LogP contribution in [0.25, 0.3) is 0 Å². The van der Waals surface area contributed by atoms with Crippen molar-refractivity contribution in [2.45, 2.75) is 38.5 Å². The maximum Gasteiger partial charge on any atom is 0.324 e. The summed E-state index contributed by atoms with van der Waals surface area (Å²) in [7, 11) is 0. The molecular weight excluding hydrogens is 246 g/mol. The highest BCUT2D eigenvalue weighted by Gasteiger charge is 2.44. The van der Waals surface area contributed by atoms with E-state index >= 15 is 0 Å². The number of fused-ring (bicyclic) bond motifs is 1. The summed E-state index contributed by atoms with van der Waals surface area (Å²) in [4.78, 5) is 13.3. The van der Waals surface area contributed by atoms with Crippen LogP contribution in [0.1, 0.15) is 37.1 Å². The minimum atomic E-state index is -0.703. The number of esters is 1. The maximum absolute atomic E-state index is 12.0. The van der Waals surface area contributed by atoms with E-state index in [4.69, 9.17) is 4.74 Å². The highest BCUT2D eigenvalue weighted by molar-refractivity contribution is 7.10. The molecule has 0 amide bonds. The van der Waals surface area contributed by atoms with Crippen LogP contribution in [-0.2, 0) is 21.4 Å². The van der Waals surface area contributed by atoms with E-state index in [0.717, 1.165) is 19.3 Å². The van der Waals surface area contributed by atoms with Crippen LogP contribution >= 0.6 is 11.3 Å². The second kappa shape index (κ2) is 5.11. The summed E-state index contributed by atoms with van der Waals surface area (Å²) in [5.74, 6) is -1.09. The second-order valence-electron chi connectivity index (χ2n) is 4.84. The first kappa shape index (κ1) is 13.1. The molecule has 1 aliphatic carbocycles. The molecule has 1 heterocycles. The van der Waals surface area contributed by atoms with Gasteiger partial charge in [-0.05, 0) is 43.2 Å². The van der Waals surface area contributed by atoms with Gasteiger partial charge < -0.3 is 4.74 Å². The number of hydrogen-bond acceptors (Lipinski definition) is 4. The van der Waals surface area contributed by atoms with Crippen molar-refractivity contribution < 1.29 is 9.53 Å². The standard InChI is InChI=1S/C14H17NO2S/c1-3-17-13(16)11(9-15)14(2)7-4-5-12-10(14)6-8-18-12/h6,8,11H,3-5,7H2,1-2H3. The van der Waals surface area contributed by atoms with Gasteiger partial charge in [0.2, 0.25) is 0 Å². The average molecular weight is 263 g/mol. The van der Waals surface area contributed by atoms with Crippen LogP contribution in [0.15, 0.2) is 11.4 Å². The molecule has 0 aromatic carbocycles. The van der Waals surface area contributed by atoms with Crippen LogP contribution < -0.4 is 0 Å². The molecule has 0 aliphatic heterocycles. The van der Waals surface area contributed by atoms with Crippen LogP contribution in [-0.4, -0.2) is 12.6 Å². The van der Waals surface area contributed by atoms with Crippen LogP contribution in [0.4, 0.5) is 0 Å². The van der Waals surface area contributed by atoms with E-state index in [1.807, 2.05) is 12.3 Å². The van der Waals surface area contributed by atoms with Crippen LogP contribution in [0, 0.1) is 17.2 Å². The Morgan fingerprint density at radius 2 is 2.50 bits per heavy atom. The van der Waals surface area contributed by atoms with Gasteiger partial charge in [-0.25, -0.2) is 0 Å². The van der Waals surface area contributed by atoms with E-state index in [9.17, 15) is 10.1 Å². The summed E-state index contributed by atoms with van der Waals surface area (Å²) in [5, 5.41) is 11.4. The van der Waals surface area contributed by atoms with Gasteiger partial charge in [-0.15, -0.1) is 11.3 Å². The van der Waals surface area contributed by atoms with E-state index in [1.54, 1.807) is 18.3 Å². The van der Waals surface area contributed by atoms with Crippen molar-refractivity contribution in [1.82, 2.24) is 0 Å². The van der Waals surface area contributed by atoms with Gasteiger partial charge in [-0.2, -0.15) is 5.26 Å². The van der Waals surface area contributed by atoms with Gasteiger partial charge in [-0.1, -0.05) is 6.92 Å². The maximum atomic E-state index is 12.0. The normalized spacial score (nSPS) is 23.8. The molecular formula is C14H17NO2S. The van der Waals surface area contributed by atoms with E-state index in [1.165, 1.54) is 10.4 Å². The molecule has 0 bridgehead atoms. The third-order valence-electron chi connectivity index (χ3n) is 3.75. The molecule has 0 spiro atoms. The summed E-state index contributed by atoms with van der Waals surface area (Å²) in [6, 6.07) is 4.22. The van der Waals surface area contributed by atoms with Crippen molar-refractivity contribution in [3.05, 3.63) is 21.9 Å². The Morgan fingerprint density at radius 3 is 3.17 bits per heavy atom. The predicted octanol–water partition coefficient (Wildman–Crippen LogP) is 3.04. The van der Waals surface area contributed by atoms with Crippen LogP contribution in [0.5, 0.6) is 0 Å². The molecule has 0 fully saturated rings. The lowest BCUT2D eigenvalue weighted by Gasteiger charge is -2.36. The van der Waals surface area contributed by atoms with Gasteiger partial charge >= 0.3 is 5.97 Å². The lowest BCUT2D eigenvalue weighted by Crippen LogP contribution is -2.39. The SMILES string of the molecule is CCOC(=O)C(C#N)C1(C)CCCc2sccc21. The van der Waals surface area contributed by atoms with Gasteiger partial charge in [0.1, 0.15) is 0 Å². The van der Waals surface area contributed by atoms with Gasteiger partial charge in [0.15, 0.2) is 5.92 Å². The molecule has 1 aromatic rings. The summed E-state index contributed by atoms with van der Waals surface area (Å²) in [5.41, 5.74) is 0.771. The number of nitrogens with zero attached hydrogens (tertiary/aromatic N) is 1. The van der Waals surface area contributed by atoms with Crippen molar-refractivity contribution in [3.63, 3.8) is 0 Å². The molecule has 2 atom stereocenters. The molecule has 3 nitrogen and oxygen atoms in total. The number of nitriles is 1. The lowest BCUT2D eigenvalue weighted by atomic mass is 9.66. The zero-order valence-electron chi connectivity index (χ0n) is 10.7. The highest BCUT2D eigenvalue weighted by atomic mass is 32.1. The van der Waals surface area contributed by atoms with Gasteiger partial charge in [0.25, 0.3) is 0 Å². The molecule has 0 saturated carbocycles. The minimum Gasteiger partial charge on any atom is -0.465 e. The average Bonchev–Trinajstić information content (AvgIpc) is 2.80. The van der Waals surface area contributed by atoms with E-state index in [2.05, 4.69) is 12.1 Å². The first-order chi connectivity index (χ1) is 8.63. The molecule has 1 aromatic heterocycles. The molecule has 2 unspecified atom stereocenters. The second-order valence-corrected chi connectivity index (χ2v) is 5.84. The largest absolute Gasteiger partial charge is 0.465 e. The number of carbonyl (C=O) groups is 1. The fourth-order valence-electron chi connectivity index (χ4n) is 2.77. The Balaban J connectivity index is 2.37. The fourth-order valence-corrected chi connectivity index (χ4v) is 3.83. The Hall–Kier alpha value is -1.34. The monoisotopic (exact) mass is 263 g/mol. The zero-order valence-corrected chi connectivity index (χ0v) is 11.5. The summed E-state index contributed by atoms with van der Waals surface area (Å²) >= 11 is 1.72. The number of aryl methyl sites for hydroxylation is 1. The Morgan fingerprint density at radius 1 is 1.72 bits per heavy atom. The smallest absolute Gasteiger partial charge is 0.324 e. The number of carbonyl (C=O) groups excluding carboxylic acids is 1. The molecule has 96 valence electrons. The number of ether oxygens (including phenoxy) is 1. The van der Waals surface area contributed by atoms with Gasteiger partial charge in [0, 0.05) is 10.3 Å². The van der Waals surface area contributed by atoms with Gasteiger partial charge in [-0.3, -0.25) is 4.79 Å². The molecule has 1 aliphatic rings. The molecule has 18 heavy (non-hydrogen) atoms. The van der Waals surface area contributed by atoms with Crippen molar-refractivity contribution in [1.29, 1.82) is 5.26 Å². The topological polar surface area (TPSA) is 50.1 Å². The third-order valence-corrected chi connectivity index (χ3v) is 4.73. The van der Waals surface area contributed by atoms with Crippen molar-refractivity contribution in [2.24, 2.45) is 5.92 Å². The highest BCUT2D eigenvalue weighted by Crippen LogP contribution is 2.44. The van der Waals surface area contributed by atoms with Crippen LogP contribution in [0.2, 0.25) is 0 Å². The number of thiophene rings is 1. The molecule has 4 heteroatoms. The van der Waals surface area contributed by atoms with Crippen LogP contribution in [0.3, 0.4) is 0 Å². The van der Waals surface area contributed by atoms with Crippen molar-refractivity contribution in [2.75, 3.05) is 6.61 Å². The van der Waals surface area contributed by atoms with Gasteiger partial charge in [0.05, 0.1) is 12.7 Å².